The number of amides is 1. The number of hydrogen-bond acceptors (Lipinski definition) is 6. The van der Waals surface area contributed by atoms with E-state index in [1.54, 1.807) is 7.11 Å². The molecule has 0 aliphatic carbocycles. The van der Waals surface area contributed by atoms with Crippen LogP contribution in [-0.2, 0) is 9.53 Å². The van der Waals surface area contributed by atoms with Crippen molar-refractivity contribution in [1.29, 1.82) is 0 Å². The lowest BCUT2D eigenvalue weighted by molar-refractivity contribution is -0.124. The maximum atomic E-state index is 12.3. The number of nitrogens with zero attached hydrogens (tertiary/aromatic N) is 1. The van der Waals surface area contributed by atoms with Gasteiger partial charge in [-0.2, -0.15) is 0 Å². The monoisotopic (exact) mass is 343 g/mol. The normalized spacial score (nSPS) is 16.8. The summed E-state index contributed by atoms with van der Waals surface area (Å²) in [6.07, 6.45) is 1.05. The van der Waals surface area contributed by atoms with Gasteiger partial charge in [0.25, 0.3) is 0 Å². The Kier molecular flexibility index (Phi) is 5.23. The zero-order chi connectivity index (χ0) is 14.9. The highest BCUT2D eigenvalue weighted by Crippen LogP contribution is 2.30. The van der Waals surface area contributed by atoms with Crippen LogP contribution < -0.4 is 15.8 Å². The van der Waals surface area contributed by atoms with Gasteiger partial charge in [-0.3, -0.25) is 4.79 Å². The van der Waals surface area contributed by atoms with Crippen molar-refractivity contribution in [2.75, 3.05) is 25.6 Å². The van der Waals surface area contributed by atoms with E-state index in [0.717, 1.165) is 16.0 Å². The van der Waals surface area contributed by atoms with Crippen molar-refractivity contribution in [1.82, 2.24) is 4.98 Å². The van der Waals surface area contributed by atoms with Gasteiger partial charge in [-0.1, -0.05) is 11.3 Å². The molecule has 1 aromatic heterocycles. The third kappa shape index (κ3) is 3.33. The van der Waals surface area contributed by atoms with Gasteiger partial charge < -0.3 is 20.5 Å². The van der Waals surface area contributed by atoms with E-state index in [2.05, 4.69) is 10.3 Å². The third-order valence-electron chi connectivity index (χ3n) is 3.65. The van der Waals surface area contributed by atoms with E-state index in [-0.39, 0.29) is 18.3 Å². The number of anilines is 1. The molecule has 1 aromatic carbocycles. The van der Waals surface area contributed by atoms with Gasteiger partial charge in [0, 0.05) is 13.2 Å². The molecular weight excluding hydrogens is 326 g/mol. The van der Waals surface area contributed by atoms with Crippen molar-refractivity contribution in [3.05, 3.63) is 18.2 Å². The Morgan fingerprint density at radius 3 is 2.86 bits per heavy atom. The molecule has 1 aliphatic heterocycles. The Morgan fingerprint density at radius 1 is 1.45 bits per heavy atom. The summed E-state index contributed by atoms with van der Waals surface area (Å²) in [6, 6.07) is 5.61. The topological polar surface area (TPSA) is 86.5 Å². The molecule has 1 saturated heterocycles. The average molecular weight is 344 g/mol. The summed E-state index contributed by atoms with van der Waals surface area (Å²) in [4.78, 5) is 16.7. The molecule has 0 saturated carbocycles. The fourth-order valence-corrected chi connectivity index (χ4v) is 3.16. The molecular formula is C14H18ClN3O3S. The van der Waals surface area contributed by atoms with Gasteiger partial charge in [-0.25, -0.2) is 4.98 Å². The Balaban J connectivity index is 0.00000176. The molecule has 1 fully saturated rings. The minimum absolute atomic E-state index is 0. The number of ether oxygens (including phenoxy) is 2. The summed E-state index contributed by atoms with van der Waals surface area (Å²) in [5.41, 5.74) is 6.12. The van der Waals surface area contributed by atoms with Gasteiger partial charge in [0.2, 0.25) is 5.91 Å². The second-order valence-electron chi connectivity index (χ2n) is 5.08. The van der Waals surface area contributed by atoms with Crippen molar-refractivity contribution >= 4 is 45.0 Å². The number of hydrogen-bond donors (Lipinski definition) is 2. The molecule has 3 N–H and O–H groups in total. The maximum Gasteiger partial charge on any atom is 0.246 e. The van der Waals surface area contributed by atoms with Gasteiger partial charge in [-0.15, -0.1) is 12.4 Å². The molecule has 0 spiro atoms. The number of methoxy groups -OCH3 is 1. The third-order valence-corrected chi connectivity index (χ3v) is 4.59. The lowest BCUT2D eigenvalue weighted by atomic mass is 9.90. The second-order valence-corrected chi connectivity index (χ2v) is 6.11. The standard InChI is InChI=1S/C14H17N3O3S.ClH/c1-19-9-2-3-10-11(8-9)21-13(16-10)17-12(18)14(15)4-6-20-7-5-14;/h2-3,8H,4-7,15H2,1H3,(H,16,17,18);1H. The maximum absolute atomic E-state index is 12.3. The molecule has 8 heteroatoms. The number of nitrogens with one attached hydrogen (secondary N) is 1. The van der Waals surface area contributed by atoms with Crippen LogP contribution in [0.1, 0.15) is 12.8 Å². The molecule has 1 aliphatic rings. The quantitative estimate of drug-likeness (QED) is 0.892. The van der Waals surface area contributed by atoms with E-state index in [4.69, 9.17) is 15.2 Å². The van der Waals surface area contributed by atoms with Crippen molar-refractivity contribution in [3.8, 4) is 5.75 Å². The first-order valence-electron chi connectivity index (χ1n) is 6.73. The molecule has 6 nitrogen and oxygen atoms in total. The Labute approximate surface area is 138 Å². The number of fused-ring (bicyclic) bond motifs is 1. The Morgan fingerprint density at radius 2 is 2.18 bits per heavy atom. The second kappa shape index (κ2) is 6.78. The summed E-state index contributed by atoms with van der Waals surface area (Å²) < 4.78 is 11.4. The van der Waals surface area contributed by atoms with Crippen LogP contribution in [0.5, 0.6) is 5.75 Å². The number of carbonyl (C=O) groups excluding carboxylic acids is 1. The van der Waals surface area contributed by atoms with E-state index < -0.39 is 5.54 Å². The molecule has 0 atom stereocenters. The highest BCUT2D eigenvalue weighted by molar-refractivity contribution is 7.22. The summed E-state index contributed by atoms with van der Waals surface area (Å²) in [6.45, 7) is 1.03. The molecule has 22 heavy (non-hydrogen) atoms. The highest BCUT2D eigenvalue weighted by Gasteiger charge is 2.36. The fraction of sp³-hybridized carbons (Fsp3) is 0.429. The zero-order valence-corrected chi connectivity index (χ0v) is 13.8. The fourth-order valence-electron chi connectivity index (χ4n) is 2.27. The molecule has 120 valence electrons. The predicted octanol–water partition coefficient (Wildman–Crippen LogP) is 2.17. The number of halogens is 1. The van der Waals surface area contributed by atoms with Crippen LogP contribution in [0.2, 0.25) is 0 Å². The molecule has 1 amide bonds. The summed E-state index contributed by atoms with van der Waals surface area (Å²) in [5.74, 6) is 0.570. The molecule has 3 rings (SSSR count). The van der Waals surface area contributed by atoms with Crippen LogP contribution in [0.4, 0.5) is 5.13 Å². The number of carbonyl (C=O) groups is 1. The van der Waals surface area contributed by atoms with Gasteiger partial charge in [0.15, 0.2) is 5.13 Å². The number of aromatic nitrogens is 1. The van der Waals surface area contributed by atoms with Crippen LogP contribution >= 0.6 is 23.7 Å². The van der Waals surface area contributed by atoms with Crippen LogP contribution in [0, 0.1) is 0 Å². The van der Waals surface area contributed by atoms with Gasteiger partial charge in [0.05, 0.1) is 17.3 Å². The van der Waals surface area contributed by atoms with Crippen LogP contribution in [0.3, 0.4) is 0 Å². The first-order chi connectivity index (χ1) is 10.1. The van der Waals surface area contributed by atoms with Crippen LogP contribution in [0.25, 0.3) is 10.2 Å². The Bertz CT molecular complexity index is 670. The lowest BCUT2D eigenvalue weighted by Gasteiger charge is -2.31. The van der Waals surface area contributed by atoms with Crippen molar-refractivity contribution in [2.45, 2.75) is 18.4 Å². The average Bonchev–Trinajstić information content (AvgIpc) is 2.89. The first kappa shape index (κ1) is 17.0. The van der Waals surface area contributed by atoms with Crippen molar-refractivity contribution < 1.29 is 14.3 Å². The van der Waals surface area contributed by atoms with Crippen LogP contribution in [-0.4, -0.2) is 36.8 Å². The van der Waals surface area contributed by atoms with E-state index >= 15 is 0 Å². The highest BCUT2D eigenvalue weighted by atomic mass is 35.5. The first-order valence-corrected chi connectivity index (χ1v) is 7.55. The largest absolute Gasteiger partial charge is 0.497 e. The van der Waals surface area contributed by atoms with Gasteiger partial charge in [-0.05, 0) is 31.0 Å². The molecule has 0 bridgehead atoms. The van der Waals surface area contributed by atoms with E-state index in [1.807, 2.05) is 18.2 Å². The van der Waals surface area contributed by atoms with Gasteiger partial charge >= 0.3 is 0 Å². The van der Waals surface area contributed by atoms with E-state index in [9.17, 15) is 4.79 Å². The van der Waals surface area contributed by atoms with E-state index in [0.29, 0.717) is 31.2 Å². The minimum atomic E-state index is -0.867. The predicted molar refractivity (Wildman–Crippen MR) is 89.0 cm³/mol. The van der Waals surface area contributed by atoms with Crippen molar-refractivity contribution in [3.63, 3.8) is 0 Å². The number of rotatable bonds is 3. The number of thiazole rings is 1. The molecule has 0 radical (unpaired) electrons. The number of nitrogens with two attached hydrogens (primary N) is 1. The molecule has 0 unspecified atom stereocenters. The zero-order valence-electron chi connectivity index (χ0n) is 12.1. The van der Waals surface area contributed by atoms with Crippen LogP contribution in [0.15, 0.2) is 18.2 Å². The smallest absolute Gasteiger partial charge is 0.246 e. The summed E-state index contributed by atoms with van der Waals surface area (Å²) in [5, 5.41) is 3.38. The SMILES string of the molecule is COc1ccc2nc(NC(=O)C3(N)CCOCC3)sc2c1.Cl. The van der Waals surface area contributed by atoms with Crippen molar-refractivity contribution in [2.24, 2.45) is 5.73 Å². The minimum Gasteiger partial charge on any atom is -0.497 e. The van der Waals surface area contributed by atoms with Gasteiger partial charge in [0.1, 0.15) is 11.3 Å². The Hall–Kier alpha value is -1.41. The molecule has 2 heterocycles. The number of benzene rings is 1. The van der Waals surface area contributed by atoms with E-state index in [1.165, 1.54) is 11.3 Å². The summed E-state index contributed by atoms with van der Waals surface area (Å²) >= 11 is 1.41. The summed E-state index contributed by atoms with van der Waals surface area (Å²) in [7, 11) is 1.62. The lowest BCUT2D eigenvalue weighted by Crippen LogP contribution is -2.54. The molecule has 2 aromatic rings.